The molecular weight excluding hydrogens is 566 g/mol. The second-order valence-corrected chi connectivity index (χ2v) is 12.9. The predicted molar refractivity (Wildman–Crippen MR) is 142 cm³/mol. The topological polar surface area (TPSA) is 72.8 Å². The molecule has 5 atom stereocenters. The maximum absolute atomic E-state index is 13.1. The van der Waals surface area contributed by atoms with E-state index in [9.17, 15) is 41.0 Å². The fraction of sp³-hybridized carbons (Fsp3) is 0.742. The summed E-state index contributed by atoms with van der Waals surface area (Å²) in [6.07, 6.45) is -0.0200. The summed E-state index contributed by atoms with van der Waals surface area (Å²) in [5, 5.41) is 9.53. The summed E-state index contributed by atoms with van der Waals surface area (Å²) >= 11 is 0. The number of ether oxygens (including phenoxy) is 2. The molecule has 0 radical (unpaired) electrons. The average molecular weight is 607 g/mol. The summed E-state index contributed by atoms with van der Waals surface area (Å²) < 4.78 is 89.7. The summed E-state index contributed by atoms with van der Waals surface area (Å²) in [6, 6.07) is 0. The third-order valence-electron chi connectivity index (χ3n) is 10.0. The van der Waals surface area contributed by atoms with Crippen LogP contribution >= 0.6 is 0 Å². The number of esters is 2. The van der Waals surface area contributed by atoms with Crippen LogP contribution in [-0.2, 0) is 19.1 Å². The van der Waals surface area contributed by atoms with Crippen LogP contribution in [0, 0.1) is 22.7 Å². The molecule has 0 bridgehead atoms. The van der Waals surface area contributed by atoms with Crippen LogP contribution in [0.3, 0.4) is 0 Å². The summed E-state index contributed by atoms with van der Waals surface area (Å²) in [4.78, 5) is 23.1. The van der Waals surface area contributed by atoms with Gasteiger partial charge >= 0.3 is 24.3 Å². The molecule has 0 aromatic carbocycles. The number of hydrogen-bond acceptors (Lipinski definition) is 5. The highest BCUT2D eigenvalue weighted by Gasteiger charge is 2.69. The zero-order valence-electron chi connectivity index (χ0n) is 24.2. The minimum absolute atomic E-state index is 0.0621. The molecule has 236 valence electrons. The quantitative estimate of drug-likeness (QED) is 0.183. The highest BCUT2D eigenvalue weighted by atomic mass is 19.4. The van der Waals surface area contributed by atoms with Crippen molar-refractivity contribution in [2.75, 3.05) is 0 Å². The molecule has 4 rings (SSSR count). The van der Waals surface area contributed by atoms with E-state index >= 15 is 0 Å². The summed E-state index contributed by atoms with van der Waals surface area (Å²) in [5.74, 6) is -0.399. The second kappa shape index (κ2) is 11.7. The van der Waals surface area contributed by atoms with Crippen LogP contribution in [0.15, 0.2) is 35.5 Å². The number of halogens is 6. The first-order valence-electron chi connectivity index (χ1n) is 14.7. The molecule has 0 heterocycles. The molecule has 0 saturated heterocycles. The van der Waals surface area contributed by atoms with Crippen molar-refractivity contribution in [1.29, 1.82) is 0 Å². The highest BCUT2D eigenvalue weighted by molar-refractivity contribution is 5.67. The fourth-order valence-electron chi connectivity index (χ4n) is 8.05. The van der Waals surface area contributed by atoms with Crippen LogP contribution in [0.1, 0.15) is 91.4 Å². The first-order chi connectivity index (χ1) is 19.4. The van der Waals surface area contributed by atoms with Crippen LogP contribution in [0.4, 0.5) is 26.3 Å². The summed E-state index contributed by atoms with van der Waals surface area (Å²) in [5.41, 5.74) is -3.08. The molecule has 0 spiro atoms. The summed E-state index contributed by atoms with van der Waals surface area (Å²) in [6.45, 7) is 4.89. The predicted octanol–water partition coefficient (Wildman–Crippen LogP) is 7.69. The third kappa shape index (κ3) is 6.60. The smallest absolute Gasteiger partial charge is 0.429 e. The first kappa shape index (κ1) is 32.6. The van der Waals surface area contributed by atoms with Crippen molar-refractivity contribution >= 4 is 11.9 Å². The molecule has 4 saturated carbocycles. The summed E-state index contributed by atoms with van der Waals surface area (Å²) in [7, 11) is 0. The number of carbonyl (C=O) groups is 2. The lowest BCUT2D eigenvalue weighted by Gasteiger charge is -2.45. The van der Waals surface area contributed by atoms with Gasteiger partial charge in [-0.3, -0.25) is 9.59 Å². The Labute approximate surface area is 242 Å². The van der Waals surface area contributed by atoms with Crippen LogP contribution in [0.25, 0.3) is 0 Å². The van der Waals surface area contributed by atoms with Gasteiger partial charge in [0.15, 0.2) is 0 Å². The Bertz CT molecular complexity index is 1090. The molecule has 42 heavy (non-hydrogen) atoms. The Morgan fingerprint density at radius 3 is 2.00 bits per heavy atom. The minimum atomic E-state index is -5.87. The first-order valence-corrected chi connectivity index (χ1v) is 14.7. The maximum atomic E-state index is 13.1. The number of rotatable bonds is 7. The van der Waals surface area contributed by atoms with Gasteiger partial charge in [-0.1, -0.05) is 36.3 Å². The molecule has 11 heteroatoms. The molecule has 4 aliphatic carbocycles. The molecule has 0 amide bonds. The molecule has 0 aromatic heterocycles. The molecular formula is C31H40F6O5. The van der Waals surface area contributed by atoms with Gasteiger partial charge in [0.25, 0.3) is 5.60 Å². The number of fused-ring (bicyclic) bond motifs is 1. The van der Waals surface area contributed by atoms with E-state index in [0.717, 1.165) is 56.6 Å². The van der Waals surface area contributed by atoms with Gasteiger partial charge in [0.05, 0.1) is 0 Å². The van der Waals surface area contributed by atoms with Gasteiger partial charge in [0.1, 0.15) is 12.2 Å². The normalized spacial score (nSPS) is 33.6. The second-order valence-electron chi connectivity index (χ2n) is 12.9. The van der Waals surface area contributed by atoms with Gasteiger partial charge in [-0.05, 0) is 80.1 Å². The maximum Gasteiger partial charge on any atom is 0.429 e. The van der Waals surface area contributed by atoms with Crippen LogP contribution < -0.4 is 0 Å². The molecule has 0 aliphatic heterocycles. The van der Waals surface area contributed by atoms with E-state index in [4.69, 9.17) is 9.47 Å². The largest absolute Gasteiger partial charge is 0.462 e. The van der Waals surface area contributed by atoms with E-state index in [1.165, 1.54) is 19.4 Å². The molecule has 4 fully saturated rings. The number of carbonyl (C=O) groups excluding carboxylic acids is 2. The van der Waals surface area contributed by atoms with Crippen molar-refractivity contribution < 1.29 is 50.5 Å². The van der Waals surface area contributed by atoms with E-state index in [-0.39, 0.29) is 47.4 Å². The lowest BCUT2D eigenvalue weighted by atomic mass is 9.59. The lowest BCUT2D eigenvalue weighted by molar-refractivity contribution is -0.347. The Kier molecular flexibility index (Phi) is 9.05. The SMILES string of the molecule is CC(=O)OC1CC(=CC=C2CCC[C@@]3(C)C2CCC3C2(CC=CC(O)(C(F)(F)F)C(F)(F)F)CC2)C[C@@H](OC(C)=O)C1. The van der Waals surface area contributed by atoms with Crippen LogP contribution in [0.2, 0.25) is 0 Å². The zero-order chi connectivity index (χ0) is 31.1. The van der Waals surface area contributed by atoms with Gasteiger partial charge in [0.2, 0.25) is 0 Å². The van der Waals surface area contributed by atoms with Crippen molar-refractivity contribution in [3.63, 3.8) is 0 Å². The van der Waals surface area contributed by atoms with E-state index in [1.807, 2.05) is 6.08 Å². The van der Waals surface area contributed by atoms with Gasteiger partial charge in [-0.2, -0.15) is 26.3 Å². The van der Waals surface area contributed by atoms with E-state index in [1.54, 1.807) is 0 Å². The van der Waals surface area contributed by atoms with E-state index < -0.39 is 29.9 Å². The minimum Gasteiger partial charge on any atom is -0.462 e. The van der Waals surface area contributed by atoms with Crippen molar-refractivity contribution in [1.82, 2.24) is 0 Å². The molecule has 5 nitrogen and oxygen atoms in total. The number of alkyl halides is 6. The van der Waals surface area contributed by atoms with Crippen molar-refractivity contribution in [3.05, 3.63) is 35.5 Å². The molecule has 3 unspecified atom stereocenters. The Hall–Kier alpha value is -2.30. The average Bonchev–Trinajstić information content (AvgIpc) is 3.52. The highest BCUT2D eigenvalue weighted by Crippen LogP contribution is 2.70. The van der Waals surface area contributed by atoms with Crippen LogP contribution in [0.5, 0.6) is 0 Å². The number of hydrogen-bond donors (Lipinski definition) is 1. The Morgan fingerprint density at radius 1 is 0.929 bits per heavy atom. The van der Waals surface area contributed by atoms with Gasteiger partial charge in [-0.25, -0.2) is 0 Å². The van der Waals surface area contributed by atoms with Gasteiger partial charge < -0.3 is 14.6 Å². The number of allylic oxidation sites excluding steroid dienone is 4. The van der Waals surface area contributed by atoms with Crippen LogP contribution in [-0.4, -0.2) is 47.2 Å². The van der Waals surface area contributed by atoms with Crippen molar-refractivity contribution in [2.45, 2.75) is 122 Å². The lowest BCUT2D eigenvalue weighted by Crippen LogP contribution is -2.55. The van der Waals surface area contributed by atoms with Crippen molar-refractivity contribution in [2.24, 2.45) is 22.7 Å². The molecule has 1 N–H and O–H groups in total. The van der Waals surface area contributed by atoms with Crippen molar-refractivity contribution in [3.8, 4) is 0 Å². The molecule has 4 aliphatic rings. The van der Waals surface area contributed by atoms with E-state index in [2.05, 4.69) is 13.0 Å². The standard InChI is InChI=1S/C31H40F6O5/c1-19(38)41-23-16-21(17-24(18-23)42-20(2)39)7-8-22-6-4-11-27(3)25(22)9-10-26(27)28(14-15-28)12-5-13-29(40,30(32,33)34)31(35,36)37/h5,7-8,13,23-26,40H,4,6,9-12,14-18H2,1-3H3/t23-,24?,25?,26?,27+/m1/s1. The zero-order valence-corrected chi connectivity index (χ0v) is 24.2. The van der Waals surface area contributed by atoms with Gasteiger partial charge in [-0.15, -0.1) is 0 Å². The Balaban J connectivity index is 1.50. The fourth-order valence-corrected chi connectivity index (χ4v) is 8.05. The molecule has 0 aromatic rings. The van der Waals surface area contributed by atoms with E-state index in [0.29, 0.717) is 19.3 Å². The third-order valence-corrected chi connectivity index (χ3v) is 10.0. The number of aliphatic hydroxyl groups is 1. The monoisotopic (exact) mass is 606 g/mol. The van der Waals surface area contributed by atoms with Gasteiger partial charge in [0, 0.05) is 33.1 Å². The Morgan fingerprint density at radius 2 is 1.50 bits per heavy atom.